The van der Waals surface area contributed by atoms with Gasteiger partial charge in [0.05, 0.1) is 32.9 Å². The van der Waals surface area contributed by atoms with Crippen molar-refractivity contribution in [1.29, 1.82) is 0 Å². The summed E-state index contributed by atoms with van der Waals surface area (Å²) in [5.74, 6) is 3.17. The molecule has 1 heterocycles. The predicted octanol–water partition coefficient (Wildman–Crippen LogP) is 4.04. The van der Waals surface area contributed by atoms with Gasteiger partial charge in [-0.25, -0.2) is 0 Å². The van der Waals surface area contributed by atoms with Gasteiger partial charge in [0.25, 0.3) is 0 Å². The average molecular weight is 422 g/mol. The summed E-state index contributed by atoms with van der Waals surface area (Å²) in [7, 11) is 6.69. The summed E-state index contributed by atoms with van der Waals surface area (Å²) in [6, 6.07) is 8.17. The maximum atomic E-state index is 5.56. The fourth-order valence-corrected chi connectivity index (χ4v) is 3.92. The smallest absolute Gasteiger partial charge is 0.161 e. The lowest BCUT2D eigenvalue weighted by Gasteiger charge is -2.30. The van der Waals surface area contributed by atoms with Crippen LogP contribution in [0.3, 0.4) is 0 Å². The van der Waals surface area contributed by atoms with Crippen LogP contribution >= 0.6 is 15.9 Å². The van der Waals surface area contributed by atoms with Crippen molar-refractivity contribution < 1.29 is 18.9 Å². The zero-order valence-electron chi connectivity index (χ0n) is 15.6. The summed E-state index contributed by atoms with van der Waals surface area (Å²) in [6.45, 7) is 2.65. The van der Waals surface area contributed by atoms with Gasteiger partial charge < -0.3 is 18.9 Å². The maximum Gasteiger partial charge on any atom is 0.161 e. The molecule has 6 heteroatoms. The lowest BCUT2D eigenvalue weighted by Crippen LogP contribution is -2.30. The van der Waals surface area contributed by atoms with E-state index in [0.29, 0.717) is 0 Å². The van der Waals surface area contributed by atoms with Gasteiger partial charge >= 0.3 is 0 Å². The summed E-state index contributed by atoms with van der Waals surface area (Å²) in [6.07, 6.45) is 0.981. The molecule has 0 radical (unpaired) electrons. The number of fused-ring (bicyclic) bond motifs is 1. The molecule has 3 rings (SSSR count). The number of hydrogen-bond donors (Lipinski definition) is 0. The van der Waals surface area contributed by atoms with Crippen molar-refractivity contribution in [2.24, 2.45) is 0 Å². The first-order chi connectivity index (χ1) is 12.6. The lowest BCUT2D eigenvalue weighted by atomic mass is 9.98. The van der Waals surface area contributed by atoms with Crippen molar-refractivity contribution in [2.45, 2.75) is 19.5 Å². The van der Waals surface area contributed by atoms with E-state index >= 15 is 0 Å². The summed E-state index contributed by atoms with van der Waals surface area (Å²) in [5, 5.41) is 0. The van der Waals surface area contributed by atoms with Crippen LogP contribution in [0.25, 0.3) is 0 Å². The van der Waals surface area contributed by atoms with Crippen LogP contribution in [0.2, 0.25) is 0 Å². The van der Waals surface area contributed by atoms with Gasteiger partial charge in [0, 0.05) is 31.3 Å². The van der Waals surface area contributed by atoms with Gasteiger partial charge in [-0.2, -0.15) is 0 Å². The van der Waals surface area contributed by atoms with Crippen LogP contribution < -0.4 is 18.9 Å². The summed E-state index contributed by atoms with van der Waals surface area (Å²) in [4.78, 5) is 2.41. The molecule has 0 saturated heterocycles. The fourth-order valence-electron chi connectivity index (χ4n) is 3.36. The molecule has 0 fully saturated rings. The van der Waals surface area contributed by atoms with Gasteiger partial charge in [-0.05, 0) is 51.7 Å². The predicted molar refractivity (Wildman–Crippen MR) is 105 cm³/mol. The van der Waals surface area contributed by atoms with E-state index in [1.807, 2.05) is 6.07 Å². The zero-order valence-corrected chi connectivity index (χ0v) is 17.2. The second kappa shape index (κ2) is 8.18. The fraction of sp³-hybridized carbons (Fsp3) is 0.400. The molecule has 0 N–H and O–H groups in total. The summed E-state index contributed by atoms with van der Waals surface area (Å²) >= 11 is 3.57. The van der Waals surface area contributed by atoms with Crippen molar-refractivity contribution in [2.75, 3.05) is 35.0 Å². The second-order valence-electron chi connectivity index (χ2n) is 6.24. The molecule has 1 aliphatic rings. The van der Waals surface area contributed by atoms with Crippen LogP contribution in [0.15, 0.2) is 28.7 Å². The minimum absolute atomic E-state index is 0.770. The Morgan fingerprint density at radius 3 is 2.04 bits per heavy atom. The van der Waals surface area contributed by atoms with Gasteiger partial charge in [-0.3, -0.25) is 4.90 Å². The Labute approximate surface area is 162 Å². The number of hydrogen-bond acceptors (Lipinski definition) is 5. The van der Waals surface area contributed by atoms with Crippen LogP contribution in [0.5, 0.6) is 23.0 Å². The molecule has 1 aliphatic heterocycles. The third-order valence-corrected chi connectivity index (χ3v) is 5.37. The molecular formula is C20H24BrNO4. The monoisotopic (exact) mass is 421 g/mol. The maximum absolute atomic E-state index is 5.56. The average Bonchev–Trinajstić information content (AvgIpc) is 2.67. The Balaban J connectivity index is 1.82. The highest BCUT2D eigenvalue weighted by atomic mass is 79.9. The van der Waals surface area contributed by atoms with Crippen LogP contribution in [-0.4, -0.2) is 39.9 Å². The first-order valence-electron chi connectivity index (χ1n) is 8.46. The van der Waals surface area contributed by atoms with Crippen LogP contribution in [0, 0.1) is 0 Å². The molecule has 2 aromatic rings. The van der Waals surface area contributed by atoms with Gasteiger partial charge in [-0.1, -0.05) is 0 Å². The first kappa shape index (κ1) is 18.9. The van der Waals surface area contributed by atoms with Crippen molar-refractivity contribution in [3.8, 4) is 23.0 Å². The van der Waals surface area contributed by atoms with E-state index in [9.17, 15) is 0 Å². The molecule has 0 aliphatic carbocycles. The SMILES string of the molecule is COc1cc(OC)c(CN2CCc3cc(OC)c(OC)cc3C2)cc1Br. The van der Waals surface area contributed by atoms with Crippen molar-refractivity contribution in [1.82, 2.24) is 4.90 Å². The Morgan fingerprint density at radius 1 is 0.808 bits per heavy atom. The third-order valence-electron chi connectivity index (χ3n) is 4.75. The number of rotatable bonds is 6. The number of nitrogens with zero attached hydrogens (tertiary/aromatic N) is 1. The molecule has 0 unspecified atom stereocenters. The van der Waals surface area contributed by atoms with E-state index in [-0.39, 0.29) is 0 Å². The Bertz CT molecular complexity index is 794. The zero-order chi connectivity index (χ0) is 18.7. The normalized spacial score (nSPS) is 13.9. The standard InChI is InChI=1S/C20H24BrNO4/c1-23-17-10-18(24-2)16(21)7-15(17)12-22-6-5-13-8-19(25-3)20(26-4)9-14(13)11-22/h7-10H,5-6,11-12H2,1-4H3. The van der Waals surface area contributed by atoms with E-state index < -0.39 is 0 Å². The van der Waals surface area contributed by atoms with Crippen molar-refractivity contribution >= 4 is 15.9 Å². The lowest BCUT2D eigenvalue weighted by molar-refractivity contribution is 0.240. The summed E-state index contributed by atoms with van der Waals surface area (Å²) < 4.78 is 22.7. The highest BCUT2D eigenvalue weighted by Gasteiger charge is 2.21. The number of methoxy groups -OCH3 is 4. The molecule has 2 aromatic carbocycles. The Morgan fingerprint density at radius 2 is 1.42 bits per heavy atom. The minimum atomic E-state index is 0.770. The van der Waals surface area contributed by atoms with Crippen LogP contribution in [0.1, 0.15) is 16.7 Å². The molecule has 0 atom stereocenters. The Kier molecular flexibility index (Phi) is 5.94. The number of benzene rings is 2. The highest BCUT2D eigenvalue weighted by molar-refractivity contribution is 9.10. The molecule has 140 valence electrons. The van der Waals surface area contributed by atoms with E-state index in [4.69, 9.17) is 18.9 Å². The minimum Gasteiger partial charge on any atom is -0.496 e. The molecule has 0 aromatic heterocycles. The molecule has 26 heavy (non-hydrogen) atoms. The molecule has 0 saturated carbocycles. The molecule has 0 amide bonds. The largest absolute Gasteiger partial charge is 0.496 e. The van der Waals surface area contributed by atoms with E-state index in [0.717, 1.165) is 59.1 Å². The molecule has 5 nitrogen and oxygen atoms in total. The first-order valence-corrected chi connectivity index (χ1v) is 9.25. The molecular weight excluding hydrogens is 398 g/mol. The molecule has 0 spiro atoms. The number of halogens is 1. The van der Waals surface area contributed by atoms with Gasteiger partial charge in [-0.15, -0.1) is 0 Å². The third kappa shape index (κ3) is 3.76. The Hall–Kier alpha value is -1.92. The van der Waals surface area contributed by atoms with Crippen molar-refractivity contribution in [3.63, 3.8) is 0 Å². The van der Waals surface area contributed by atoms with Gasteiger partial charge in [0.1, 0.15) is 11.5 Å². The van der Waals surface area contributed by atoms with Crippen LogP contribution in [0.4, 0.5) is 0 Å². The van der Waals surface area contributed by atoms with E-state index in [1.165, 1.54) is 11.1 Å². The topological polar surface area (TPSA) is 40.2 Å². The second-order valence-corrected chi connectivity index (χ2v) is 7.09. The van der Waals surface area contributed by atoms with E-state index in [1.54, 1.807) is 28.4 Å². The van der Waals surface area contributed by atoms with Gasteiger partial charge in [0.2, 0.25) is 0 Å². The summed E-state index contributed by atoms with van der Waals surface area (Å²) in [5.41, 5.74) is 3.73. The van der Waals surface area contributed by atoms with Crippen LogP contribution in [-0.2, 0) is 19.5 Å². The number of ether oxygens (including phenoxy) is 4. The van der Waals surface area contributed by atoms with E-state index in [2.05, 4.69) is 39.0 Å². The molecule has 0 bridgehead atoms. The van der Waals surface area contributed by atoms with Crippen molar-refractivity contribution in [3.05, 3.63) is 45.4 Å². The van der Waals surface area contributed by atoms with Gasteiger partial charge in [0.15, 0.2) is 11.5 Å². The quantitative estimate of drug-likeness (QED) is 0.703. The highest BCUT2D eigenvalue weighted by Crippen LogP contribution is 2.36.